The highest BCUT2D eigenvalue weighted by Gasteiger charge is 2.34. The van der Waals surface area contributed by atoms with Gasteiger partial charge < -0.3 is 11.1 Å². The zero-order valence-electron chi connectivity index (χ0n) is 13.5. The number of halogens is 3. The van der Waals surface area contributed by atoms with Crippen LogP contribution in [0.5, 0.6) is 0 Å². The molecule has 0 bridgehead atoms. The first kappa shape index (κ1) is 17.6. The molecule has 0 aromatic heterocycles. The highest BCUT2D eigenvalue weighted by molar-refractivity contribution is 5.92. The molecule has 1 aromatic rings. The lowest BCUT2D eigenvalue weighted by molar-refractivity contribution is -0.143. The van der Waals surface area contributed by atoms with E-state index in [4.69, 9.17) is 5.73 Å². The van der Waals surface area contributed by atoms with Gasteiger partial charge in [0.15, 0.2) is 5.96 Å². The van der Waals surface area contributed by atoms with Crippen molar-refractivity contribution in [3.63, 3.8) is 0 Å². The van der Waals surface area contributed by atoms with Gasteiger partial charge in [-0.1, -0.05) is 6.07 Å². The van der Waals surface area contributed by atoms with E-state index in [1.165, 1.54) is 10.5 Å². The van der Waals surface area contributed by atoms with E-state index in [1.807, 2.05) is 32.0 Å². The summed E-state index contributed by atoms with van der Waals surface area (Å²) in [5, 5.41) is 3.02. The lowest BCUT2D eigenvalue weighted by Gasteiger charge is -2.17. The average molecular weight is 328 g/mol. The fourth-order valence-corrected chi connectivity index (χ4v) is 2.69. The smallest absolute Gasteiger partial charge is 0.370 e. The molecular formula is C16H23F3N4. The van der Waals surface area contributed by atoms with Crippen molar-refractivity contribution in [3.05, 3.63) is 29.3 Å². The van der Waals surface area contributed by atoms with E-state index in [0.29, 0.717) is 25.6 Å². The van der Waals surface area contributed by atoms with Gasteiger partial charge in [0.1, 0.15) is 0 Å². The molecule has 0 amide bonds. The van der Waals surface area contributed by atoms with Gasteiger partial charge in [0.05, 0.1) is 6.54 Å². The van der Waals surface area contributed by atoms with Crippen LogP contribution in [0.3, 0.4) is 0 Å². The molecule has 1 saturated heterocycles. The molecule has 1 unspecified atom stereocenters. The number of alkyl halides is 3. The number of guanidine groups is 1. The molecule has 0 spiro atoms. The molecule has 1 heterocycles. The maximum atomic E-state index is 12.4. The van der Waals surface area contributed by atoms with Gasteiger partial charge >= 0.3 is 6.18 Å². The van der Waals surface area contributed by atoms with Gasteiger partial charge in [-0.05, 0) is 56.0 Å². The lowest BCUT2D eigenvalue weighted by atomic mass is 10.1. The summed E-state index contributed by atoms with van der Waals surface area (Å²) in [6, 6.07) is 5.90. The quantitative estimate of drug-likeness (QED) is 0.660. The predicted molar refractivity (Wildman–Crippen MR) is 86.6 cm³/mol. The van der Waals surface area contributed by atoms with Crippen molar-refractivity contribution in [3.8, 4) is 0 Å². The van der Waals surface area contributed by atoms with Gasteiger partial charge in [-0.25, -0.2) is 0 Å². The van der Waals surface area contributed by atoms with E-state index in [0.717, 1.165) is 17.7 Å². The molecule has 1 aliphatic heterocycles. The number of nitrogens with one attached hydrogen (secondary N) is 1. The first-order valence-corrected chi connectivity index (χ1v) is 7.66. The summed E-state index contributed by atoms with van der Waals surface area (Å²) in [7, 11) is 0. The zero-order valence-corrected chi connectivity index (χ0v) is 13.5. The van der Waals surface area contributed by atoms with Crippen molar-refractivity contribution in [2.75, 3.05) is 31.5 Å². The number of anilines is 1. The molecule has 7 heteroatoms. The Labute approximate surface area is 134 Å². The van der Waals surface area contributed by atoms with Crippen LogP contribution in [0, 0.1) is 19.8 Å². The predicted octanol–water partition coefficient (Wildman–Crippen LogP) is 2.91. The van der Waals surface area contributed by atoms with Crippen LogP contribution in [0.15, 0.2) is 23.2 Å². The molecule has 23 heavy (non-hydrogen) atoms. The van der Waals surface area contributed by atoms with Crippen LogP contribution in [0.25, 0.3) is 0 Å². The Morgan fingerprint density at radius 1 is 1.35 bits per heavy atom. The summed E-state index contributed by atoms with van der Waals surface area (Å²) in [4.78, 5) is 5.68. The number of hydrogen-bond acceptors (Lipinski definition) is 2. The number of likely N-dealkylation sites (tertiary alicyclic amines) is 1. The largest absolute Gasteiger partial charge is 0.401 e. The van der Waals surface area contributed by atoms with Crippen molar-refractivity contribution in [2.24, 2.45) is 16.6 Å². The number of rotatable bonds is 4. The van der Waals surface area contributed by atoms with E-state index in [-0.39, 0.29) is 5.92 Å². The SMILES string of the molecule is Cc1ccc(NC(N)=NCC2CCN(CC(F)(F)F)C2)cc1C. The van der Waals surface area contributed by atoms with E-state index in [2.05, 4.69) is 10.3 Å². The topological polar surface area (TPSA) is 53.6 Å². The molecule has 0 saturated carbocycles. The molecule has 2 rings (SSSR count). The van der Waals surface area contributed by atoms with Crippen LogP contribution in [0.2, 0.25) is 0 Å². The lowest BCUT2D eigenvalue weighted by Crippen LogP contribution is -2.32. The highest BCUT2D eigenvalue weighted by atomic mass is 19.4. The minimum Gasteiger partial charge on any atom is -0.370 e. The molecule has 0 radical (unpaired) electrons. The van der Waals surface area contributed by atoms with Crippen molar-refractivity contribution >= 4 is 11.6 Å². The Hall–Kier alpha value is -1.76. The van der Waals surface area contributed by atoms with E-state index in [9.17, 15) is 13.2 Å². The third kappa shape index (κ3) is 5.74. The van der Waals surface area contributed by atoms with E-state index >= 15 is 0 Å². The van der Waals surface area contributed by atoms with Gasteiger partial charge in [0.2, 0.25) is 0 Å². The molecule has 1 aliphatic rings. The monoisotopic (exact) mass is 328 g/mol. The van der Waals surface area contributed by atoms with Crippen molar-refractivity contribution < 1.29 is 13.2 Å². The Balaban J connectivity index is 1.82. The number of hydrogen-bond donors (Lipinski definition) is 2. The minimum atomic E-state index is -4.14. The second kappa shape index (κ2) is 7.21. The summed E-state index contributed by atoms with van der Waals surface area (Å²) < 4.78 is 37.1. The summed E-state index contributed by atoms with van der Waals surface area (Å²) in [5.41, 5.74) is 9.06. The van der Waals surface area contributed by atoms with Crippen LogP contribution in [-0.4, -0.2) is 43.2 Å². The van der Waals surface area contributed by atoms with Gasteiger partial charge in [0.25, 0.3) is 0 Å². The molecule has 1 aromatic carbocycles. The highest BCUT2D eigenvalue weighted by Crippen LogP contribution is 2.23. The second-order valence-electron chi connectivity index (χ2n) is 6.15. The Morgan fingerprint density at radius 2 is 2.09 bits per heavy atom. The van der Waals surface area contributed by atoms with Crippen LogP contribution < -0.4 is 11.1 Å². The summed E-state index contributed by atoms with van der Waals surface area (Å²) in [5.74, 6) is 0.417. The third-order valence-electron chi connectivity index (χ3n) is 4.07. The Morgan fingerprint density at radius 3 is 2.74 bits per heavy atom. The Bertz CT molecular complexity index is 569. The normalized spacial score (nSPS) is 20.0. The van der Waals surface area contributed by atoms with Crippen LogP contribution in [0.1, 0.15) is 17.5 Å². The fourth-order valence-electron chi connectivity index (χ4n) is 2.69. The molecule has 128 valence electrons. The first-order valence-electron chi connectivity index (χ1n) is 7.66. The maximum absolute atomic E-state index is 12.4. The molecule has 4 nitrogen and oxygen atoms in total. The second-order valence-corrected chi connectivity index (χ2v) is 6.15. The van der Waals surface area contributed by atoms with Gasteiger partial charge in [-0.15, -0.1) is 0 Å². The summed E-state index contributed by atoms with van der Waals surface area (Å²) >= 11 is 0. The minimum absolute atomic E-state index is 0.123. The number of aliphatic imine (C=N–C) groups is 1. The van der Waals surface area contributed by atoms with Gasteiger partial charge in [-0.2, -0.15) is 13.2 Å². The third-order valence-corrected chi connectivity index (χ3v) is 4.07. The van der Waals surface area contributed by atoms with Crippen molar-refractivity contribution in [1.29, 1.82) is 0 Å². The molecule has 0 aliphatic carbocycles. The van der Waals surface area contributed by atoms with Gasteiger partial charge in [-0.3, -0.25) is 9.89 Å². The van der Waals surface area contributed by atoms with Gasteiger partial charge in [0, 0.05) is 18.8 Å². The summed E-state index contributed by atoms with van der Waals surface area (Å²) in [6.45, 7) is 4.52. The number of benzene rings is 1. The molecule has 1 fully saturated rings. The van der Waals surface area contributed by atoms with Crippen LogP contribution in [-0.2, 0) is 0 Å². The standard InChI is InChI=1S/C16H23F3N4/c1-11-3-4-14(7-12(11)2)22-15(20)21-8-13-5-6-23(9-13)10-16(17,18)19/h3-4,7,13H,5-6,8-10H2,1-2H3,(H3,20,21,22). The van der Waals surface area contributed by atoms with Crippen LogP contribution >= 0.6 is 0 Å². The number of nitrogens with two attached hydrogens (primary N) is 1. The van der Waals surface area contributed by atoms with Crippen LogP contribution in [0.4, 0.5) is 18.9 Å². The Kier molecular flexibility index (Phi) is 5.51. The molecular weight excluding hydrogens is 305 g/mol. The average Bonchev–Trinajstić information content (AvgIpc) is 2.86. The van der Waals surface area contributed by atoms with Crippen molar-refractivity contribution in [1.82, 2.24) is 4.90 Å². The number of aryl methyl sites for hydroxylation is 2. The molecule has 3 N–H and O–H groups in total. The van der Waals surface area contributed by atoms with Crippen molar-refractivity contribution in [2.45, 2.75) is 26.4 Å². The zero-order chi connectivity index (χ0) is 17.0. The maximum Gasteiger partial charge on any atom is 0.401 e. The number of nitrogens with zero attached hydrogens (tertiary/aromatic N) is 2. The first-order chi connectivity index (χ1) is 10.7. The molecule has 1 atom stereocenters. The fraction of sp³-hybridized carbons (Fsp3) is 0.562. The van der Waals surface area contributed by atoms with E-state index < -0.39 is 12.7 Å². The van der Waals surface area contributed by atoms with E-state index in [1.54, 1.807) is 0 Å². The summed E-state index contributed by atoms with van der Waals surface area (Å²) in [6.07, 6.45) is -3.42.